The molecule has 0 nitrogen and oxygen atoms in total. The van der Waals surface area contributed by atoms with Gasteiger partial charge in [0.15, 0.2) is 11.6 Å². The van der Waals surface area contributed by atoms with E-state index in [9.17, 15) is 8.78 Å². The minimum absolute atomic E-state index is 0.435. The molecule has 0 unspecified atom stereocenters. The van der Waals surface area contributed by atoms with Crippen LogP contribution in [-0.2, 0) is 6.42 Å². The minimum Gasteiger partial charge on any atom is -0.204 e. The highest BCUT2D eigenvalue weighted by Gasteiger charge is 2.06. The number of alkyl halides is 1. The van der Waals surface area contributed by atoms with Gasteiger partial charge in [0, 0.05) is 5.88 Å². The lowest BCUT2D eigenvalue weighted by Crippen LogP contribution is -1.94. The Hall–Kier alpha value is -0.630. The predicted octanol–water partition coefficient (Wildman–Crippen LogP) is 3.53. The quantitative estimate of drug-likeness (QED) is 0.520. The molecule has 0 atom stereocenters. The first-order chi connectivity index (χ1) is 6.25. The highest BCUT2D eigenvalue weighted by molar-refractivity contribution is 6.17. The zero-order valence-electron chi connectivity index (χ0n) is 7.19. The lowest BCUT2D eigenvalue weighted by atomic mass is 10.1. The summed E-state index contributed by atoms with van der Waals surface area (Å²) in [6.45, 7) is 0. The van der Waals surface area contributed by atoms with Gasteiger partial charge in [0.25, 0.3) is 0 Å². The van der Waals surface area contributed by atoms with Crippen molar-refractivity contribution in [1.29, 1.82) is 0 Å². The summed E-state index contributed by atoms with van der Waals surface area (Å²) in [7, 11) is 0. The SMILES string of the molecule is Fc1cccc(CCCCCl)c1F. The number of unbranched alkanes of at least 4 members (excludes halogenated alkanes) is 1. The van der Waals surface area contributed by atoms with E-state index >= 15 is 0 Å². The summed E-state index contributed by atoms with van der Waals surface area (Å²) in [6.07, 6.45) is 2.18. The predicted molar refractivity (Wildman–Crippen MR) is 50.0 cm³/mol. The lowest BCUT2D eigenvalue weighted by molar-refractivity contribution is 0.497. The Kier molecular flexibility index (Phi) is 4.16. The van der Waals surface area contributed by atoms with E-state index in [1.165, 1.54) is 6.07 Å². The van der Waals surface area contributed by atoms with Gasteiger partial charge in [0.2, 0.25) is 0 Å². The van der Waals surface area contributed by atoms with Crippen LogP contribution in [0, 0.1) is 11.6 Å². The molecule has 0 radical (unpaired) electrons. The van der Waals surface area contributed by atoms with Gasteiger partial charge in [0.1, 0.15) is 0 Å². The molecule has 72 valence electrons. The molecule has 1 rings (SSSR count). The Morgan fingerprint density at radius 1 is 1.15 bits per heavy atom. The van der Waals surface area contributed by atoms with Crippen LogP contribution in [0.15, 0.2) is 18.2 Å². The normalized spacial score (nSPS) is 10.4. The molecular formula is C10H11ClF2. The van der Waals surface area contributed by atoms with Gasteiger partial charge < -0.3 is 0 Å². The summed E-state index contributed by atoms with van der Waals surface area (Å²) in [4.78, 5) is 0. The zero-order chi connectivity index (χ0) is 9.68. The highest BCUT2D eigenvalue weighted by Crippen LogP contribution is 2.13. The number of halogens is 3. The van der Waals surface area contributed by atoms with Crippen molar-refractivity contribution in [2.24, 2.45) is 0 Å². The molecule has 0 amide bonds. The van der Waals surface area contributed by atoms with Crippen molar-refractivity contribution in [2.45, 2.75) is 19.3 Å². The molecule has 0 heterocycles. The van der Waals surface area contributed by atoms with E-state index in [2.05, 4.69) is 0 Å². The van der Waals surface area contributed by atoms with Gasteiger partial charge in [-0.05, 0) is 30.9 Å². The monoisotopic (exact) mass is 204 g/mol. The standard InChI is InChI=1S/C10H11ClF2/c11-7-2-1-4-8-5-3-6-9(12)10(8)13/h3,5-6H,1-2,4,7H2. The number of benzene rings is 1. The van der Waals surface area contributed by atoms with E-state index in [0.717, 1.165) is 18.9 Å². The van der Waals surface area contributed by atoms with E-state index < -0.39 is 11.6 Å². The van der Waals surface area contributed by atoms with Crippen LogP contribution in [0.4, 0.5) is 8.78 Å². The van der Waals surface area contributed by atoms with Crippen LogP contribution in [0.5, 0.6) is 0 Å². The van der Waals surface area contributed by atoms with Crippen LogP contribution in [-0.4, -0.2) is 5.88 Å². The van der Waals surface area contributed by atoms with Crippen molar-refractivity contribution >= 4 is 11.6 Å². The molecular weight excluding hydrogens is 194 g/mol. The van der Waals surface area contributed by atoms with Crippen molar-refractivity contribution in [1.82, 2.24) is 0 Å². The average Bonchev–Trinajstić information content (AvgIpc) is 2.13. The Bertz CT molecular complexity index is 274. The second-order valence-corrected chi connectivity index (χ2v) is 3.24. The molecule has 0 spiro atoms. The first kappa shape index (κ1) is 10.5. The molecule has 0 bridgehead atoms. The van der Waals surface area contributed by atoms with Crippen molar-refractivity contribution in [3.05, 3.63) is 35.4 Å². The van der Waals surface area contributed by atoms with Crippen LogP contribution in [0.3, 0.4) is 0 Å². The van der Waals surface area contributed by atoms with E-state index in [4.69, 9.17) is 11.6 Å². The van der Waals surface area contributed by atoms with Gasteiger partial charge in [-0.1, -0.05) is 12.1 Å². The summed E-state index contributed by atoms with van der Waals surface area (Å²) >= 11 is 5.47. The van der Waals surface area contributed by atoms with E-state index in [-0.39, 0.29) is 0 Å². The first-order valence-electron chi connectivity index (χ1n) is 4.24. The number of aryl methyl sites for hydroxylation is 1. The molecule has 0 saturated heterocycles. The van der Waals surface area contributed by atoms with Crippen LogP contribution in [0.2, 0.25) is 0 Å². The second-order valence-electron chi connectivity index (χ2n) is 2.86. The summed E-state index contributed by atoms with van der Waals surface area (Å²) < 4.78 is 25.7. The molecule has 0 fully saturated rings. The van der Waals surface area contributed by atoms with Crippen molar-refractivity contribution in [3.8, 4) is 0 Å². The van der Waals surface area contributed by atoms with Gasteiger partial charge in [-0.25, -0.2) is 8.78 Å². The molecule has 3 heteroatoms. The van der Waals surface area contributed by atoms with Crippen LogP contribution >= 0.6 is 11.6 Å². The maximum Gasteiger partial charge on any atom is 0.162 e. The van der Waals surface area contributed by atoms with Gasteiger partial charge in [-0.3, -0.25) is 0 Å². The molecule has 13 heavy (non-hydrogen) atoms. The summed E-state index contributed by atoms with van der Waals surface area (Å²) in [5.74, 6) is -0.933. The average molecular weight is 205 g/mol. The maximum atomic E-state index is 13.0. The fraction of sp³-hybridized carbons (Fsp3) is 0.400. The van der Waals surface area contributed by atoms with E-state index in [0.29, 0.717) is 17.9 Å². The van der Waals surface area contributed by atoms with Crippen LogP contribution in [0.25, 0.3) is 0 Å². The van der Waals surface area contributed by atoms with Crippen LogP contribution < -0.4 is 0 Å². The van der Waals surface area contributed by atoms with Gasteiger partial charge in [0.05, 0.1) is 0 Å². The molecule has 1 aromatic rings. The fourth-order valence-electron chi connectivity index (χ4n) is 1.15. The largest absolute Gasteiger partial charge is 0.204 e. The minimum atomic E-state index is -0.775. The molecule has 0 saturated carbocycles. The third kappa shape index (κ3) is 2.96. The molecule has 0 aliphatic carbocycles. The number of hydrogen-bond acceptors (Lipinski definition) is 0. The number of hydrogen-bond donors (Lipinski definition) is 0. The summed E-state index contributed by atoms with van der Waals surface area (Å²) in [5.41, 5.74) is 0.435. The van der Waals surface area contributed by atoms with E-state index in [1.807, 2.05) is 0 Å². The smallest absolute Gasteiger partial charge is 0.162 e. The Morgan fingerprint density at radius 2 is 1.92 bits per heavy atom. The third-order valence-electron chi connectivity index (χ3n) is 1.86. The maximum absolute atomic E-state index is 13.0. The van der Waals surface area contributed by atoms with Gasteiger partial charge in [-0.2, -0.15) is 0 Å². The topological polar surface area (TPSA) is 0 Å². The summed E-state index contributed by atoms with van der Waals surface area (Å²) in [5, 5.41) is 0. The highest BCUT2D eigenvalue weighted by atomic mass is 35.5. The van der Waals surface area contributed by atoms with Gasteiger partial charge in [-0.15, -0.1) is 11.6 Å². The van der Waals surface area contributed by atoms with Crippen molar-refractivity contribution in [2.75, 3.05) is 5.88 Å². The molecule has 0 N–H and O–H groups in total. The first-order valence-corrected chi connectivity index (χ1v) is 4.78. The van der Waals surface area contributed by atoms with E-state index in [1.54, 1.807) is 6.07 Å². The molecule has 1 aromatic carbocycles. The van der Waals surface area contributed by atoms with Crippen molar-refractivity contribution < 1.29 is 8.78 Å². The third-order valence-corrected chi connectivity index (χ3v) is 2.13. The fourth-order valence-corrected chi connectivity index (χ4v) is 1.34. The molecule has 0 aromatic heterocycles. The Balaban J connectivity index is 2.61. The van der Waals surface area contributed by atoms with Crippen molar-refractivity contribution in [3.63, 3.8) is 0 Å². The lowest BCUT2D eigenvalue weighted by Gasteiger charge is -2.02. The van der Waals surface area contributed by atoms with Gasteiger partial charge >= 0.3 is 0 Å². The molecule has 0 aliphatic heterocycles. The zero-order valence-corrected chi connectivity index (χ0v) is 7.95. The Morgan fingerprint density at radius 3 is 2.62 bits per heavy atom. The summed E-state index contributed by atoms with van der Waals surface area (Å²) in [6, 6.07) is 4.25. The molecule has 0 aliphatic rings. The second kappa shape index (κ2) is 5.18. The van der Waals surface area contributed by atoms with Crippen LogP contribution in [0.1, 0.15) is 18.4 Å². The Labute approximate surface area is 81.5 Å². The number of rotatable bonds is 4.